The second-order valence-electron chi connectivity index (χ2n) is 3.98. The number of benzene rings is 1. The SMILES string of the molecule is CNc1ccc(S(=O)(=O)Nc2c(F)cc(F)cc2Cl)cn1. The van der Waals surface area contributed by atoms with E-state index >= 15 is 0 Å². The van der Waals surface area contributed by atoms with E-state index in [-0.39, 0.29) is 9.92 Å². The molecule has 9 heteroatoms. The molecular weight excluding hydrogens is 324 g/mol. The Morgan fingerprint density at radius 2 is 1.95 bits per heavy atom. The van der Waals surface area contributed by atoms with Gasteiger partial charge in [-0.25, -0.2) is 22.2 Å². The van der Waals surface area contributed by atoms with Crippen LogP contribution in [0.2, 0.25) is 5.02 Å². The molecule has 0 amide bonds. The van der Waals surface area contributed by atoms with Gasteiger partial charge in [0.15, 0.2) is 5.82 Å². The Kier molecular flexibility index (Phi) is 4.29. The van der Waals surface area contributed by atoms with Gasteiger partial charge in [0.1, 0.15) is 22.2 Å². The first-order chi connectivity index (χ1) is 9.83. The zero-order chi connectivity index (χ0) is 15.6. The van der Waals surface area contributed by atoms with Gasteiger partial charge in [-0.3, -0.25) is 4.72 Å². The highest BCUT2D eigenvalue weighted by Crippen LogP contribution is 2.28. The summed E-state index contributed by atoms with van der Waals surface area (Å²) in [6.45, 7) is 0. The Morgan fingerprint density at radius 3 is 2.48 bits per heavy atom. The van der Waals surface area contributed by atoms with Crippen LogP contribution in [0.1, 0.15) is 0 Å². The average molecular weight is 334 g/mol. The zero-order valence-corrected chi connectivity index (χ0v) is 12.3. The second kappa shape index (κ2) is 5.82. The molecule has 0 fully saturated rings. The Hall–Kier alpha value is -1.93. The van der Waals surface area contributed by atoms with E-state index < -0.39 is 27.3 Å². The van der Waals surface area contributed by atoms with E-state index in [1.54, 1.807) is 7.05 Å². The summed E-state index contributed by atoms with van der Waals surface area (Å²) < 4.78 is 52.7. The molecule has 0 unspecified atom stereocenters. The molecule has 112 valence electrons. The van der Waals surface area contributed by atoms with Crippen LogP contribution in [0.3, 0.4) is 0 Å². The number of sulfonamides is 1. The van der Waals surface area contributed by atoms with E-state index in [4.69, 9.17) is 11.6 Å². The number of pyridine rings is 1. The number of rotatable bonds is 4. The summed E-state index contributed by atoms with van der Waals surface area (Å²) in [7, 11) is -2.46. The third-order valence-corrected chi connectivity index (χ3v) is 4.18. The molecule has 1 heterocycles. The lowest BCUT2D eigenvalue weighted by Gasteiger charge is -2.11. The van der Waals surface area contributed by atoms with Crippen LogP contribution >= 0.6 is 11.6 Å². The van der Waals surface area contributed by atoms with Crippen molar-refractivity contribution in [3.8, 4) is 0 Å². The van der Waals surface area contributed by atoms with E-state index in [0.29, 0.717) is 11.9 Å². The summed E-state index contributed by atoms with van der Waals surface area (Å²) in [6.07, 6.45) is 1.10. The Morgan fingerprint density at radius 1 is 1.24 bits per heavy atom. The van der Waals surface area contributed by atoms with Gasteiger partial charge in [-0.15, -0.1) is 0 Å². The monoisotopic (exact) mass is 333 g/mol. The van der Waals surface area contributed by atoms with Crippen molar-refractivity contribution in [1.82, 2.24) is 4.98 Å². The van der Waals surface area contributed by atoms with Gasteiger partial charge >= 0.3 is 0 Å². The van der Waals surface area contributed by atoms with Crippen LogP contribution in [0.25, 0.3) is 0 Å². The summed E-state index contributed by atoms with van der Waals surface area (Å²) in [5.41, 5.74) is -0.518. The molecule has 0 aliphatic carbocycles. The summed E-state index contributed by atoms with van der Waals surface area (Å²) in [4.78, 5) is 3.67. The maximum Gasteiger partial charge on any atom is 0.263 e. The van der Waals surface area contributed by atoms with E-state index in [2.05, 4.69) is 10.3 Å². The molecule has 1 aromatic carbocycles. The molecule has 2 aromatic rings. The number of aromatic nitrogens is 1. The molecule has 0 saturated carbocycles. The topological polar surface area (TPSA) is 71.1 Å². The normalized spacial score (nSPS) is 11.2. The minimum absolute atomic E-state index is 0.179. The third kappa shape index (κ3) is 3.40. The number of nitrogens with one attached hydrogen (secondary N) is 2. The van der Waals surface area contributed by atoms with Crippen LogP contribution in [-0.2, 0) is 10.0 Å². The minimum atomic E-state index is -4.08. The van der Waals surface area contributed by atoms with Gasteiger partial charge in [0, 0.05) is 19.3 Å². The molecule has 21 heavy (non-hydrogen) atoms. The van der Waals surface area contributed by atoms with Crippen LogP contribution in [0.15, 0.2) is 35.4 Å². The summed E-state index contributed by atoms with van der Waals surface area (Å²) in [5, 5.41) is 2.35. The van der Waals surface area contributed by atoms with Crippen molar-refractivity contribution in [2.45, 2.75) is 4.90 Å². The fourth-order valence-electron chi connectivity index (χ4n) is 1.52. The standard InChI is InChI=1S/C12H10ClF2N3O2S/c1-16-11-3-2-8(6-17-11)21(19,20)18-12-9(13)4-7(14)5-10(12)15/h2-6,18H,1H3,(H,16,17). The predicted octanol–water partition coefficient (Wildman–Crippen LogP) is 2.86. The number of nitrogens with zero attached hydrogens (tertiary/aromatic N) is 1. The number of halogens is 3. The molecule has 0 atom stereocenters. The minimum Gasteiger partial charge on any atom is -0.373 e. The van der Waals surface area contributed by atoms with Crippen LogP contribution < -0.4 is 10.0 Å². The molecule has 0 aliphatic rings. The number of anilines is 2. The molecule has 0 spiro atoms. The van der Waals surface area contributed by atoms with Crippen molar-refractivity contribution >= 4 is 33.1 Å². The van der Waals surface area contributed by atoms with Gasteiger partial charge in [-0.05, 0) is 18.2 Å². The van der Waals surface area contributed by atoms with Crippen molar-refractivity contribution in [3.05, 3.63) is 47.1 Å². The molecule has 5 nitrogen and oxygen atoms in total. The quantitative estimate of drug-likeness (QED) is 0.902. The highest BCUT2D eigenvalue weighted by molar-refractivity contribution is 7.92. The van der Waals surface area contributed by atoms with E-state index in [1.807, 2.05) is 4.72 Å². The Labute approximate surface area is 125 Å². The van der Waals surface area contributed by atoms with Crippen molar-refractivity contribution in [2.75, 3.05) is 17.1 Å². The van der Waals surface area contributed by atoms with E-state index in [0.717, 1.165) is 12.3 Å². The molecule has 2 rings (SSSR count). The van der Waals surface area contributed by atoms with Crippen molar-refractivity contribution in [3.63, 3.8) is 0 Å². The van der Waals surface area contributed by atoms with Crippen molar-refractivity contribution in [2.24, 2.45) is 0 Å². The maximum absolute atomic E-state index is 13.6. The van der Waals surface area contributed by atoms with Gasteiger partial charge in [-0.1, -0.05) is 11.6 Å². The molecule has 0 aliphatic heterocycles. The highest BCUT2D eigenvalue weighted by Gasteiger charge is 2.19. The van der Waals surface area contributed by atoms with Crippen LogP contribution in [0, 0.1) is 11.6 Å². The fraction of sp³-hybridized carbons (Fsp3) is 0.0833. The average Bonchev–Trinajstić information content (AvgIpc) is 2.43. The van der Waals surface area contributed by atoms with Crippen LogP contribution in [-0.4, -0.2) is 20.4 Å². The van der Waals surface area contributed by atoms with E-state index in [9.17, 15) is 17.2 Å². The smallest absolute Gasteiger partial charge is 0.263 e. The van der Waals surface area contributed by atoms with Gasteiger partial charge < -0.3 is 5.32 Å². The molecular formula is C12H10ClF2N3O2S. The second-order valence-corrected chi connectivity index (χ2v) is 6.07. The summed E-state index contributed by atoms with van der Waals surface area (Å²) in [6, 6.07) is 4.07. The van der Waals surface area contributed by atoms with Crippen molar-refractivity contribution in [1.29, 1.82) is 0 Å². The first-order valence-corrected chi connectivity index (χ1v) is 7.51. The lowest BCUT2D eigenvalue weighted by Crippen LogP contribution is -2.15. The lowest BCUT2D eigenvalue weighted by molar-refractivity contribution is 0.583. The predicted molar refractivity (Wildman–Crippen MR) is 76.0 cm³/mol. The summed E-state index contributed by atoms with van der Waals surface area (Å²) in [5.74, 6) is -1.54. The first-order valence-electron chi connectivity index (χ1n) is 5.64. The molecule has 0 bridgehead atoms. The zero-order valence-electron chi connectivity index (χ0n) is 10.7. The van der Waals surface area contributed by atoms with Crippen LogP contribution in [0.5, 0.6) is 0 Å². The van der Waals surface area contributed by atoms with Gasteiger partial charge in [0.05, 0.1) is 5.02 Å². The fourth-order valence-corrected chi connectivity index (χ4v) is 2.85. The van der Waals surface area contributed by atoms with Crippen LogP contribution in [0.4, 0.5) is 20.3 Å². The number of hydrogen-bond donors (Lipinski definition) is 2. The molecule has 0 saturated heterocycles. The first kappa shape index (κ1) is 15.5. The number of hydrogen-bond acceptors (Lipinski definition) is 4. The largest absolute Gasteiger partial charge is 0.373 e. The lowest BCUT2D eigenvalue weighted by atomic mass is 10.3. The molecule has 0 radical (unpaired) electrons. The van der Waals surface area contributed by atoms with Crippen molar-refractivity contribution < 1.29 is 17.2 Å². The maximum atomic E-state index is 13.6. The molecule has 2 N–H and O–H groups in total. The third-order valence-electron chi connectivity index (χ3n) is 2.55. The Balaban J connectivity index is 2.37. The highest BCUT2D eigenvalue weighted by atomic mass is 35.5. The van der Waals surface area contributed by atoms with Gasteiger partial charge in [0.2, 0.25) is 0 Å². The summed E-state index contributed by atoms with van der Waals surface area (Å²) >= 11 is 5.64. The molecule has 1 aromatic heterocycles. The Bertz CT molecular complexity index is 744. The van der Waals surface area contributed by atoms with Gasteiger partial charge in [-0.2, -0.15) is 0 Å². The van der Waals surface area contributed by atoms with Gasteiger partial charge in [0.25, 0.3) is 10.0 Å². The van der Waals surface area contributed by atoms with E-state index in [1.165, 1.54) is 12.1 Å².